The first-order valence-electron chi connectivity index (χ1n) is 10.7. The highest BCUT2D eigenvalue weighted by Crippen LogP contribution is 2.40. The lowest BCUT2D eigenvalue weighted by atomic mass is 10.0. The third-order valence-corrected chi connectivity index (χ3v) is 7.32. The molecule has 0 aliphatic carbocycles. The molecule has 1 saturated heterocycles. The predicted molar refractivity (Wildman–Crippen MR) is 130 cm³/mol. The lowest BCUT2D eigenvalue weighted by molar-refractivity contribution is -0.689. The minimum atomic E-state index is -1.77. The van der Waals surface area contributed by atoms with Gasteiger partial charge in [0.2, 0.25) is 17.1 Å². The second kappa shape index (κ2) is 10.1. The third kappa shape index (κ3) is 5.24. The van der Waals surface area contributed by atoms with Crippen molar-refractivity contribution in [2.45, 2.75) is 37.4 Å². The standard InChI is InChI=1S/C21H21N7O7S2/c1-21(2,19(33)34)35-25-11(14-24-20(22)37-26-14)15(29)23-12-16(30)28-13(18(31)32)10(9-36-17(12)28)8-27-6-4-3-5-7-27/h3-7,12,17H,8-9H2,1-2H3,(H4-,22,23,24,26,29,31,32,33,34)/p+1/t12?,17-/m0/s1. The molecular weight excluding hydrogens is 526 g/mol. The molecule has 0 radical (unpaired) electrons. The van der Waals surface area contributed by atoms with Crippen molar-refractivity contribution in [1.29, 1.82) is 0 Å². The minimum Gasteiger partial charge on any atom is -0.478 e. The Bertz CT molecular complexity index is 1330. The number of anilines is 1. The Labute approximate surface area is 218 Å². The molecule has 16 heteroatoms. The van der Waals surface area contributed by atoms with Crippen LogP contribution < -0.4 is 15.6 Å². The summed E-state index contributed by atoms with van der Waals surface area (Å²) < 4.78 is 5.72. The van der Waals surface area contributed by atoms with E-state index in [0.717, 1.165) is 16.4 Å². The molecule has 2 amide bonds. The fourth-order valence-electron chi connectivity index (χ4n) is 3.49. The number of carbonyl (C=O) groups is 4. The number of β-lactam (4-membered cyclic amide) rings is 1. The summed E-state index contributed by atoms with van der Waals surface area (Å²) in [6, 6.07) is 4.39. The van der Waals surface area contributed by atoms with E-state index in [9.17, 15) is 29.4 Å². The largest absolute Gasteiger partial charge is 0.478 e. The number of carboxylic acids is 2. The molecule has 0 aromatic carbocycles. The Morgan fingerprint density at radius 2 is 2.00 bits per heavy atom. The van der Waals surface area contributed by atoms with Gasteiger partial charge < -0.3 is 26.1 Å². The van der Waals surface area contributed by atoms with Gasteiger partial charge in [0.1, 0.15) is 17.1 Å². The number of oxime groups is 1. The Kier molecular flexibility index (Phi) is 7.13. The number of rotatable bonds is 9. The fourth-order valence-corrected chi connectivity index (χ4v) is 5.26. The van der Waals surface area contributed by atoms with Gasteiger partial charge in [-0.3, -0.25) is 14.5 Å². The van der Waals surface area contributed by atoms with E-state index < -0.39 is 46.5 Å². The molecule has 37 heavy (non-hydrogen) atoms. The van der Waals surface area contributed by atoms with E-state index in [2.05, 4.69) is 19.8 Å². The van der Waals surface area contributed by atoms with Gasteiger partial charge in [0.15, 0.2) is 24.1 Å². The van der Waals surface area contributed by atoms with E-state index in [1.54, 1.807) is 17.0 Å². The fraction of sp³-hybridized carbons (Fsp3) is 0.333. The average Bonchev–Trinajstić information content (AvgIpc) is 3.28. The number of carbonyl (C=O) groups excluding carboxylic acids is 2. The Morgan fingerprint density at radius 1 is 1.30 bits per heavy atom. The Balaban J connectivity index is 1.55. The molecule has 1 fully saturated rings. The van der Waals surface area contributed by atoms with Gasteiger partial charge in [0, 0.05) is 35.0 Å². The molecule has 2 atom stereocenters. The van der Waals surface area contributed by atoms with Gasteiger partial charge in [-0.1, -0.05) is 11.2 Å². The lowest BCUT2D eigenvalue weighted by Gasteiger charge is -2.49. The van der Waals surface area contributed by atoms with Crippen LogP contribution in [-0.4, -0.2) is 76.7 Å². The summed E-state index contributed by atoms with van der Waals surface area (Å²) >= 11 is 2.09. The average molecular weight is 549 g/mol. The van der Waals surface area contributed by atoms with Crippen LogP contribution in [0.1, 0.15) is 19.7 Å². The van der Waals surface area contributed by atoms with Gasteiger partial charge >= 0.3 is 11.9 Å². The van der Waals surface area contributed by atoms with Crippen molar-refractivity contribution in [3.63, 3.8) is 0 Å². The maximum Gasteiger partial charge on any atom is 0.352 e. The molecule has 4 heterocycles. The molecule has 194 valence electrons. The van der Waals surface area contributed by atoms with Crippen LogP contribution in [0.25, 0.3) is 0 Å². The van der Waals surface area contributed by atoms with Crippen LogP contribution in [0.2, 0.25) is 0 Å². The second-order valence-corrected chi connectivity index (χ2v) is 10.4. The minimum absolute atomic E-state index is 0.0294. The number of fused-ring (bicyclic) bond motifs is 1. The number of nitrogens with zero attached hydrogens (tertiary/aromatic N) is 5. The van der Waals surface area contributed by atoms with Crippen molar-refractivity contribution in [3.05, 3.63) is 47.7 Å². The SMILES string of the molecule is CC(C)(ON=C(C(=O)NC1C(=O)N2C(C(=O)O)=C(C[n+]3ccccc3)CS[C@@H]12)c1nsc(N)n1)C(=O)O. The zero-order valence-electron chi connectivity index (χ0n) is 19.5. The molecule has 2 aliphatic rings. The van der Waals surface area contributed by atoms with Crippen LogP contribution in [0.15, 0.2) is 47.0 Å². The first-order valence-corrected chi connectivity index (χ1v) is 12.6. The molecule has 0 spiro atoms. The lowest BCUT2D eigenvalue weighted by Crippen LogP contribution is -2.71. The summed E-state index contributed by atoms with van der Waals surface area (Å²) in [5, 5.41) is 24.6. The highest BCUT2D eigenvalue weighted by atomic mass is 32.2. The summed E-state index contributed by atoms with van der Waals surface area (Å²) in [5.74, 6) is -3.99. The van der Waals surface area contributed by atoms with Crippen molar-refractivity contribution < 1.29 is 38.8 Å². The number of nitrogen functional groups attached to an aromatic ring is 1. The number of aliphatic carboxylic acids is 2. The molecule has 5 N–H and O–H groups in total. The smallest absolute Gasteiger partial charge is 0.352 e. The van der Waals surface area contributed by atoms with Gasteiger partial charge in [-0.05, 0) is 13.8 Å². The Hall–Kier alpha value is -4.05. The molecule has 14 nitrogen and oxygen atoms in total. The molecular formula is C21H22N7O7S2+. The molecule has 0 saturated carbocycles. The molecule has 2 aromatic heterocycles. The van der Waals surface area contributed by atoms with E-state index in [-0.39, 0.29) is 23.2 Å². The van der Waals surface area contributed by atoms with Gasteiger partial charge in [0.25, 0.3) is 11.8 Å². The zero-order chi connectivity index (χ0) is 26.9. The van der Waals surface area contributed by atoms with E-state index in [1.165, 1.54) is 25.6 Å². The van der Waals surface area contributed by atoms with Crippen LogP contribution in [0.4, 0.5) is 5.13 Å². The highest BCUT2D eigenvalue weighted by Gasteiger charge is 2.55. The van der Waals surface area contributed by atoms with Gasteiger partial charge in [0.05, 0.1) is 0 Å². The van der Waals surface area contributed by atoms with E-state index in [0.29, 0.717) is 11.3 Å². The maximum absolute atomic E-state index is 13.1. The van der Waals surface area contributed by atoms with Crippen molar-refractivity contribution in [3.8, 4) is 0 Å². The normalized spacial score (nSPS) is 19.7. The Morgan fingerprint density at radius 3 is 2.59 bits per heavy atom. The topological polar surface area (TPSA) is 201 Å². The number of hydrogen-bond acceptors (Lipinski definition) is 11. The quantitative estimate of drug-likeness (QED) is 0.135. The highest BCUT2D eigenvalue weighted by molar-refractivity contribution is 8.00. The van der Waals surface area contributed by atoms with Crippen LogP contribution in [0.5, 0.6) is 0 Å². The van der Waals surface area contributed by atoms with Gasteiger partial charge in [-0.15, -0.1) is 11.8 Å². The summed E-state index contributed by atoms with van der Waals surface area (Å²) in [6.45, 7) is 2.75. The number of pyridine rings is 1. The second-order valence-electron chi connectivity index (χ2n) is 8.47. The summed E-state index contributed by atoms with van der Waals surface area (Å²) in [7, 11) is 0. The van der Waals surface area contributed by atoms with E-state index >= 15 is 0 Å². The van der Waals surface area contributed by atoms with E-state index in [4.69, 9.17) is 10.6 Å². The van der Waals surface area contributed by atoms with Crippen LogP contribution in [0, 0.1) is 0 Å². The van der Waals surface area contributed by atoms with Gasteiger partial charge in [-0.25, -0.2) is 14.2 Å². The zero-order valence-corrected chi connectivity index (χ0v) is 21.2. The van der Waals surface area contributed by atoms with Crippen molar-refractivity contribution in [2.24, 2.45) is 5.16 Å². The number of carboxylic acid groups (broad SMARTS) is 2. The van der Waals surface area contributed by atoms with E-state index in [1.807, 2.05) is 18.2 Å². The summed E-state index contributed by atoms with van der Waals surface area (Å²) in [5.41, 5.74) is 3.78. The molecule has 0 bridgehead atoms. The number of hydrogen-bond donors (Lipinski definition) is 4. The van der Waals surface area contributed by atoms with Crippen LogP contribution in [0.3, 0.4) is 0 Å². The maximum atomic E-state index is 13.1. The van der Waals surface area contributed by atoms with Gasteiger partial charge in [-0.2, -0.15) is 9.36 Å². The molecule has 2 aromatic rings. The van der Waals surface area contributed by atoms with Crippen molar-refractivity contribution >= 4 is 57.9 Å². The number of nitrogens with one attached hydrogen (secondary N) is 1. The number of amides is 2. The van der Waals surface area contributed by atoms with Crippen LogP contribution >= 0.6 is 23.3 Å². The van der Waals surface area contributed by atoms with Crippen molar-refractivity contribution in [2.75, 3.05) is 11.5 Å². The first kappa shape index (κ1) is 26.0. The van der Waals surface area contributed by atoms with Crippen LogP contribution in [-0.2, 0) is 30.6 Å². The third-order valence-electron chi connectivity index (χ3n) is 5.44. The summed E-state index contributed by atoms with van der Waals surface area (Å²) in [4.78, 5) is 59.6. The number of aromatic nitrogens is 3. The number of nitrogens with two attached hydrogens (primary N) is 1. The molecule has 4 rings (SSSR count). The first-order chi connectivity index (χ1) is 17.5. The molecule has 1 unspecified atom stereocenters. The summed E-state index contributed by atoms with van der Waals surface area (Å²) in [6.07, 6.45) is 3.58. The van der Waals surface area contributed by atoms with Crippen molar-refractivity contribution in [1.82, 2.24) is 19.6 Å². The predicted octanol–water partition coefficient (Wildman–Crippen LogP) is -0.569. The monoisotopic (exact) mass is 548 g/mol. The number of thioether (sulfide) groups is 1. The molecule has 2 aliphatic heterocycles.